The third-order valence-corrected chi connectivity index (χ3v) is 8.66. The van der Waals surface area contributed by atoms with E-state index in [-0.39, 0.29) is 24.2 Å². The lowest BCUT2D eigenvalue weighted by atomic mass is 9.81. The van der Waals surface area contributed by atoms with Gasteiger partial charge in [0.15, 0.2) is 0 Å². The molecule has 0 aromatic carbocycles. The molecule has 0 aromatic rings. The van der Waals surface area contributed by atoms with Crippen LogP contribution >= 0.6 is 0 Å². The molecule has 34 heavy (non-hydrogen) atoms. The van der Waals surface area contributed by atoms with Crippen LogP contribution in [0.25, 0.3) is 0 Å². The summed E-state index contributed by atoms with van der Waals surface area (Å²) in [6.45, 7) is 4.87. The number of morpholine rings is 1. The Labute approximate surface area is 205 Å². The third-order valence-electron chi connectivity index (χ3n) is 8.66. The van der Waals surface area contributed by atoms with E-state index in [2.05, 4.69) is 16.3 Å². The van der Waals surface area contributed by atoms with E-state index in [1.54, 1.807) is 0 Å². The predicted octanol–water partition coefficient (Wildman–Crippen LogP) is 3.49. The Morgan fingerprint density at radius 1 is 0.971 bits per heavy atom. The molecular weight excluding hydrogens is 428 g/mol. The fourth-order valence-corrected chi connectivity index (χ4v) is 6.60. The molecule has 4 rings (SSSR count). The average Bonchev–Trinajstić information content (AvgIpc) is 3.28. The van der Waals surface area contributed by atoms with Crippen molar-refractivity contribution in [3.05, 3.63) is 0 Å². The Kier molecular flexibility index (Phi) is 9.24. The summed E-state index contributed by atoms with van der Waals surface area (Å²) in [4.78, 5) is 30.8. The van der Waals surface area contributed by atoms with Gasteiger partial charge in [0.05, 0.1) is 19.3 Å². The van der Waals surface area contributed by atoms with Crippen LogP contribution in [-0.4, -0.2) is 73.1 Å². The van der Waals surface area contributed by atoms with Crippen molar-refractivity contribution < 1.29 is 14.3 Å². The fraction of sp³-hybridized carbons (Fsp3) is 0.889. The standard InChI is InChI=1S/C27H44N4O3/c28-20-27(11-12-30(21-27)19-23-9-5-2-6-10-23)29-26(33)24(17-22-7-3-1-4-8-22)18-25(32)31-13-15-34-16-14-31/h22-24H,1-19,21H2,(H,29,33). The Bertz CT molecular complexity index is 720. The number of nitriles is 1. The second-order valence-electron chi connectivity index (χ2n) is 11.3. The normalized spacial score (nSPS) is 28.4. The van der Waals surface area contributed by atoms with Crippen molar-refractivity contribution in [3.8, 4) is 6.07 Å². The highest BCUT2D eigenvalue weighted by Crippen LogP contribution is 2.32. The lowest BCUT2D eigenvalue weighted by molar-refractivity contribution is -0.140. The van der Waals surface area contributed by atoms with E-state index >= 15 is 0 Å². The first-order valence-corrected chi connectivity index (χ1v) is 13.9. The maximum atomic E-state index is 13.6. The van der Waals surface area contributed by atoms with Crippen LogP contribution in [0.2, 0.25) is 0 Å². The van der Waals surface area contributed by atoms with E-state index in [0.29, 0.717) is 45.2 Å². The highest BCUT2D eigenvalue weighted by molar-refractivity contribution is 5.86. The highest BCUT2D eigenvalue weighted by Gasteiger charge is 2.42. The number of nitrogens with one attached hydrogen (secondary N) is 1. The topological polar surface area (TPSA) is 85.7 Å². The van der Waals surface area contributed by atoms with Crippen molar-refractivity contribution in [2.75, 3.05) is 45.9 Å². The van der Waals surface area contributed by atoms with Gasteiger partial charge in [-0.25, -0.2) is 0 Å². The summed E-state index contributed by atoms with van der Waals surface area (Å²) < 4.78 is 5.39. The van der Waals surface area contributed by atoms with Crippen LogP contribution in [0.1, 0.15) is 83.5 Å². The first-order valence-electron chi connectivity index (χ1n) is 13.9. The summed E-state index contributed by atoms with van der Waals surface area (Å²) in [5.41, 5.74) is -0.821. The number of hydrogen-bond acceptors (Lipinski definition) is 5. The summed E-state index contributed by atoms with van der Waals surface area (Å²) in [6, 6.07) is 2.47. The number of nitrogens with zero attached hydrogens (tertiary/aromatic N) is 3. The number of hydrogen-bond donors (Lipinski definition) is 1. The number of carbonyl (C=O) groups is 2. The van der Waals surface area contributed by atoms with Crippen LogP contribution in [0.15, 0.2) is 0 Å². The summed E-state index contributed by atoms with van der Waals surface area (Å²) in [7, 11) is 0. The molecule has 7 nitrogen and oxygen atoms in total. The van der Waals surface area contributed by atoms with Gasteiger partial charge in [-0.2, -0.15) is 5.26 Å². The molecule has 4 fully saturated rings. The zero-order valence-corrected chi connectivity index (χ0v) is 20.9. The van der Waals surface area contributed by atoms with Crippen LogP contribution in [0.4, 0.5) is 0 Å². The van der Waals surface area contributed by atoms with Crippen molar-refractivity contribution in [2.45, 2.75) is 89.0 Å². The second-order valence-corrected chi connectivity index (χ2v) is 11.3. The van der Waals surface area contributed by atoms with Gasteiger partial charge in [0.1, 0.15) is 5.54 Å². The van der Waals surface area contributed by atoms with Crippen molar-refractivity contribution in [1.82, 2.24) is 15.1 Å². The van der Waals surface area contributed by atoms with Gasteiger partial charge in [-0.05, 0) is 37.5 Å². The van der Waals surface area contributed by atoms with Gasteiger partial charge in [0, 0.05) is 45.1 Å². The molecule has 2 aliphatic carbocycles. The molecule has 2 heterocycles. The van der Waals surface area contributed by atoms with Crippen LogP contribution in [0.5, 0.6) is 0 Å². The van der Waals surface area contributed by atoms with E-state index in [1.807, 2.05) is 4.90 Å². The molecular formula is C27H44N4O3. The van der Waals surface area contributed by atoms with Crippen molar-refractivity contribution in [3.63, 3.8) is 0 Å². The van der Waals surface area contributed by atoms with Crippen LogP contribution in [0, 0.1) is 29.1 Å². The maximum Gasteiger partial charge on any atom is 0.224 e. The zero-order valence-electron chi connectivity index (χ0n) is 20.9. The maximum absolute atomic E-state index is 13.6. The molecule has 0 radical (unpaired) electrons. The molecule has 0 aromatic heterocycles. The first-order chi connectivity index (χ1) is 16.6. The minimum Gasteiger partial charge on any atom is -0.378 e. The van der Waals surface area contributed by atoms with E-state index in [9.17, 15) is 14.9 Å². The quantitative estimate of drug-likeness (QED) is 0.584. The number of rotatable bonds is 8. The van der Waals surface area contributed by atoms with Crippen LogP contribution in [-0.2, 0) is 14.3 Å². The molecule has 2 atom stereocenters. The van der Waals surface area contributed by atoms with Crippen LogP contribution < -0.4 is 5.32 Å². The fourth-order valence-electron chi connectivity index (χ4n) is 6.60. The molecule has 1 N–H and O–H groups in total. The SMILES string of the molecule is N#CC1(NC(=O)C(CC(=O)N2CCOCC2)CC2CCCCC2)CCN(CC2CCCCC2)C1. The average molecular weight is 473 g/mol. The summed E-state index contributed by atoms with van der Waals surface area (Å²) in [6.07, 6.45) is 14.2. The molecule has 190 valence electrons. The van der Waals surface area contributed by atoms with E-state index in [1.165, 1.54) is 51.4 Å². The molecule has 2 unspecified atom stereocenters. The largest absolute Gasteiger partial charge is 0.378 e. The van der Waals surface area contributed by atoms with E-state index < -0.39 is 5.54 Å². The Hall–Kier alpha value is -1.65. The summed E-state index contributed by atoms with van der Waals surface area (Å²) in [5, 5.41) is 13.3. The van der Waals surface area contributed by atoms with Crippen molar-refractivity contribution >= 4 is 11.8 Å². The van der Waals surface area contributed by atoms with E-state index in [4.69, 9.17) is 4.74 Å². The molecule has 0 bridgehead atoms. The molecule has 2 saturated carbocycles. The third kappa shape index (κ3) is 6.95. The number of ether oxygens (including phenoxy) is 1. The smallest absolute Gasteiger partial charge is 0.224 e. The Balaban J connectivity index is 1.37. The number of amides is 2. The molecule has 4 aliphatic rings. The summed E-state index contributed by atoms with van der Waals surface area (Å²) >= 11 is 0. The Morgan fingerprint density at radius 3 is 2.26 bits per heavy atom. The number of carbonyl (C=O) groups excluding carboxylic acids is 2. The van der Waals surface area contributed by atoms with Gasteiger partial charge < -0.3 is 15.0 Å². The van der Waals surface area contributed by atoms with E-state index in [0.717, 1.165) is 38.3 Å². The highest BCUT2D eigenvalue weighted by atomic mass is 16.5. The van der Waals surface area contributed by atoms with Gasteiger partial charge in [0.25, 0.3) is 0 Å². The molecule has 7 heteroatoms. The lowest BCUT2D eigenvalue weighted by Gasteiger charge is -2.32. The monoisotopic (exact) mass is 472 g/mol. The first kappa shape index (κ1) is 25.4. The van der Waals surface area contributed by atoms with Gasteiger partial charge in [-0.1, -0.05) is 51.4 Å². The predicted molar refractivity (Wildman–Crippen MR) is 131 cm³/mol. The Morgan fingerprint density at radius 2 is 1.62 bits per heavy atom. The van der Waals surface area contributed by atoms with Crippen LogP contribution in [0.3, 0.4) is 0 Å². The lowest BCUT2D eigenvalue weighted by Crippen LogP contribution is -2.52. The van der Waals surface area contributed by atoms with Gasteiger partial charge in [-0.15, -0.1) is 0 Å². The second kappa shape index (κ2) is 12.4. The molecule has 2 aliphatic heterocycles. The van der Waals surface area contributed by atoms with Gasteiger partial charge >= 0.3 is 0 Å². The number of likely N-dealkylation sites (tertiary alicyclic amines) is 1. The summed E-state index contributed by atoms with van der Waals surface area (Å²) in [5.74, 6) is 0.843. The molecule has 2 amide bonds. The van der Waals surface area contributed by atoms with Crippen molar-refractivity contribution in [2.24, 2.45) is 17.8 Å². The molecule has 2 saturated heterocycles. The minimum absolute atomic E-state index is 0.0515. The zero-order chi connectivity index (χ0) is 23.8. The van der Waals surface area contributed by atoms with Gasteiger partial charge in [0.2, 0.25) is 11.8 Å². The van der Waals surface area contributed by atoms with Gasteiger partial charge in [-0.3, -0.25) is 14.5 Å². The minimum atomic E-state index is -0.821. The molecule has 0 spiro atoms. The van der Waals surface area contributed by atoms with Crippen molar-refractivity contribution in [1.29, 1.82) is 5.26 Å².